The quantitative estimate of drug-likeness (QED) is 0.751. The van der Waals surface area contributed by atoms with Crippen LogP contribution in [0.1, 0.15) is 21.7 Å². The van der Waals surface area contributed by atoms with Gasteiger partial charge in [0.1, 0.15) is 23.7 Å². The SMILES string of the molecule is Cc1ccc(Nc2cc(N3CCN(C(=O)c4ccoc4)CC3)nc(C)n2)cc1. The van der Waals surface area contributed by atoms with Crippen LogP contribution in [0.25, 0.3) is 0 Å². The van der Waals surface area contributed by atoms with Gasteiger partial charge in [-0.1, -0.05) is 17.7 Å². The Hall–Kier alpha value is -3.35. The average Bonchev–Trinajstić information content (AvgIpc) is 3.24. The molecule has 1 aromatic carbocycles. The van der Waals surface area contributed by atoms with Gasteiger partial charge >= 0.3 is 0 Å². The summed E-state index contributed by atoms with van der Waals surface area (Å²) in [5.41, 5.74) is 2.80. The summed E-state index contributed by atoms with van der Waals surface area (Å²) in [6, 6.07) is 11.9. The predicted molar refractivity (Wildman–Crippen MR) is 108 cm³/mol. The molecule has 1 aliphatic heterocycles. The fourth-order valence-corrected chi connectivity index (χ4v) is 3.27. The molecule has 7 heteroatoms. The zero-order valence-corrected chi connectivity index (χ0v) is 16.1. The zero-order valence-electron chi connectivity index (χ0n) is 16.1. The second-order valence-electron chi connectivity index (χ2n) is 6.94. The number of hydrogen-bond donors (Lipinski definition) is 1. The molecule has 28 heavy (non-hydrogen) atoms. The number of hydrogen-bond acceptors (Lipinski definition) is 6. The molecule has 0 saturated carbocycles. The summed E-state index contributed by atoms with van der Waals surface area (Å²) in [5, 5.41) is 3.34. The lowest BCUT2D eigenvalue weighted by Gasteiger charge is -2.35. The maximum Gasteiger partial charge on any atom is 0.257 e. The Balaban J connectivity index is 1.44. The van der Waals surface area contributed by atoms with Crippen LogP contribution in [-0.4, -0.2) is 47.0 Å². The Bertz CT molecular complexity index is 945. The summed E-state index contributed by atoms with van der Waals surface area (Å²) >= 11 is 0. The second-order valence-corrected chi connectivity index (χ2v) is 6.94. The molecule has 3 aromatic rings. The monoisotopic (exact) mass is 377 g/mol. The third kappa shape index (κ3) is 3.98. The van der Waals surface area contributed by atoms with Gasteiger partial charge in [-0.05, 0) is 32.0 Å². The largest absolute Gasteiger partial charge is 0.472 e. The fourth-order valence-electron chi connectivity index (χ4n) is 3.27. The number of furan rings is 1. The van der Waals surface area contributed by atoms with Crippen LogP contribution in [0.2, 0.25) is 0 Å². The standard InChI is InChI=1S/C21H23N5O2/c1-15-3-5-18(6-4-15)24-19-13-20(23-16(2)22-19)25-8-10-26(11-9-25)21(27)17-7-12-28-14-17/h3-7,12-14H,8-11H2,1-2H3,(H,22,23,24). The summed E-state index contributed by atoms with van der Waals surface area (Å²) in [5.74, 6) is 2.36. The van der Waals surface area contributed by atoms with Gasteiger partial charge in [0, 0.05) is 37.9 Å². The lowest BCUT2D eigenvalue weighted by Crippen LogP contribution is -2.49. The van der Waals surface area contributed by atoms with Crippen molar-refractivity contribution >= 4 is 23.2 Å². The van der Waals surface area contributed by atoms with Gasteiger partial charge in [0.15, 0.2) is 0 Å². The maximum atomic E-state index is 12.5. The van der Waals surface area contributed by atoms with Gasteiger partial charge in [0.2, 0.25) is 0 Å². The smallest absolute Gasteiger partial charge is 0.257 e. The van der Waals surface area contributed by atoms with E-state index in [0.717, 1.165) is 30.4 Å². The molecule has 1 amide bonds. The highest BCUT2D eigenvalue weighted by Gasteiger charge is 2.23. The number of rotatable bonds is 4. The molecule has 4 rings (SSSR count). The first-order valence-corrected chi connectivity index (χ1v) is 9.34. The molecule has 1 aliphatic rings. The number of carbonyl (C=O) groups is 1. The van der Waals surface area contributed by atoms with Crippen molar-refractivity contribution < 1.29 is 9.21 Å². The van der Waals surface area contributed by atoms with Crippen LogP contribution < -0.4 is 10.2 Å². The van der Waals surface area contributed by atoms with E-state index in [-0.39, 0.29) is 5.91 Å². The van der Waals surface area contributed by atoms with Crippen molar-refractivity contribution in [1.82, 2.24) is 14.9 Å². The highest BCUT2D eigenvalue weighted by molar-refractivity contribution is 5.94. The maximum absolute atomic E-state index is 12.5. The van der Waals surface area contributed by atoms with Crippen LogP contribution in [0.4, 0.5) is 17.3 Å². The molecule has 0 unspecified atom stereocenters. The molecule has 1 N–H and O–H groups in total. The molecule has 3 heterocycles. The van der Waals surface area contributed by atoms with Crippen LogP contribution in [0.3, 0.4) is 0 Å². The molecule has 0 radical (unpaired) electrons. The van der Waals surface area contributed by atoms with Crippen molar-refractivity contribution in [2.75, 3.05) is 36.4 Å². The van der Waals surface area contributed by atoms with E-state index >= 15 is 0 Å². The van der Waals surface area contributed by atoms with Crippen molar-refractivity contribution in [3.63, 3.8) is 0 Å². The van der Waals surface area contributed by atoms with Crippen molar-refractivity contribution in [3.05, 3.63) is 65.9 Å². The van der Waals surface area contributed by atoms with Gasteiger partial charge < -0.3 is 19.5 Å². The summed E-state index contributed by atoms with van der Waals surface area (Å²) in [4.78, 5) is 25.6. The normalized spacial score (nSPS) is 14.2. The number of carbonyl (C=O) groups excluding carboxylic acids is 1. The van der Waals surface area contributed by atoms with Gasteiger partial charge in [-0.25, -0.2) is 9.97 Å². The molecule has 144 valence electrons. The molecule has 0 atom stereocenters. The molecule has 1 fully saturated rings. The Morgan fingerprint density at radius 2 is 1.79 bits per heavy atom. The molecular weight excluding hydrogens is 354 g/mol. The number of amides is 1. The number of nitrogens with one attached hydrogen (secondary N) is 1. The van der Waals surface area contributed by atoms with E-state index in [1.165, 1.54) is 18.1 Å². The van der Waals surface area contributed by atoms with E-state index in [4.69, 9.17) is 4.42 Å². The summed E-state index contributed by atoms with van der Waals surface area (Å²) in [6.45, 7) is 6.70. The number of piperazine rings is 1. The lowest BCUT2D eigenvalue weighted by molar-refractivity contribution is 0.0745. The first kappa shape index (κ1) is 18.0. The summed E-state index contributed by atoms with van der Waals surface area (Å²) in [6.07, 6.45) is 3.02. The number of nitrogens with zero attached hydrogens (tertiary/aromatic N) is 4. The van der Waals surface area contributed by atoms with Gasteiger partial charge in [0.05, 0.1) is 11.8 Å². The van der Waals surface area contributed by atoms with Crippen molar-refractivity contribution in [3.8, 4) is 0 Å². The number of anilines is 3. The van der Waals surface area contributed by atoms with E-state index in [9.17, 15) is 4.79 Å². The molecule has 1 saturated heterocycles. The van der Waals surface area contributed by atoms with E-state index in [2.05, 4.69) is 39.2 Å². The van der Waals surface area contributed by atoms with E-state index < -0.39 is 0 Å². The number of benzene rings is 1. The average molecular weight is 377 g/mol. The highest BCUT2D eigenvalue weighted by atomic mass is 16.3. The third-order valence-electron chi connectivity index (χ3n) is 4.81. The van der Waals surface area contributed by atoms with Gasteiger partial charge in [0.25, 0.3) is 5.91 Å². The Kier molecular flexibility index (Phi) is 4.97. The minimum Gasteiger partial charge on any atom is -0.472 e. The molecular formula is C21H23N5O2. The Morgan fingerprint density at radius 1 is 1.04 bits per heavy atom. The Labute approximate surface area is 164 Å². The molecule has 0 aliphatic carbocycles. The first-order chi connectivity index (χ1) is 13.6. The minimum absolute atomic E-state index is 0.00833. The van der Waals surface area contributed by atoms with Crippen LogP contribution >= 0.6 is 0 Å². The van der Waals surface area contributed by atoms with Gasteiger partial charge in [-0.15, -0.1) is 0 Å². The van der Waals surface area contributed by atoms with Crippen molar-refractivity contribution in [2.24, 2.45) is 0 Å². The predicted octanol–water partition coefficient (Wildman–Crippen LogP) is 3.39. The zero-order chi connectivity index (χ0) is 19.5. The van der Waals surface area contributed by atoms with Crippen LogP contribution in [-0.2, 0) is 0 Å². The molecule has 0 spiro atoms. The Morgan fingerprint density at radius 3 is 2.46 bits per heavy atom. The van der Waals surface area contributed by atoms with Crippen LogP contribution in [0.15, 0.2) is 53.3 Å². The van der Waals surface area contributed by atoms with Crippen molar-refractivity contribution in [1.29, 1.82) is 0 Å². The van der Waals surface area contributed by atoms with Crippen LogP contribution in [0, 0.1) is 13.8 Å². The third-order valence-corrected chi connectivity index (χ3v) is 4.81. The first-order valence-electron chi connectivity index (χ1n) is 9.34. The van der Waals surface area contributed by atoms with Crippen molar-refractivity contribution in [2.45, 2.75) is 13.8 Å². The van der Waals surface area contributed by atoms with Gasteiger partial charge in [-0.3, -0.25) is 4.79 Å². The number of aromatic nitrogens is 2. The van der Waals surface area contributed by atoms with E-state index in [1.807, 2.05) is 30.0 Å². The minimum atomic E-state index is 0.00833. The highest BCUT2D eigenvalue weighted by Crippen LogP contribution is 2.21. The molecule has 7 nitrogen and oxygen atoms in total. The lowest BCUT2D eigenvalue weighted by atomic mass is 10.2. The second kappa shape index (κ2) is 7.72. The summed E-state index contributed by atoms with van der Waals surface area (Å²) in [7, 11) is 0. The van der Waals surface area contributed by atoms with E-state index in [0.29, 0.717) is 24.5 Å². The summed E-state index contributed by atoms with van der Waals surface area (Å²) < 4.78 is 5.02. The topological polar surface area (TPSA) is 74.5 Å². The fraction of sp³-hybridized carbons (Fsp3) is 0.286. The van der Waals surface area contributed by atoms with Crippen LogP contribution in [0.5, 0.6) is 0 Å². The number of aryl methyl sites for hydroxylation is 2. The molecule has 0 bridgehead atoms. The van der Waals surface area contributed by atoms with Gasteiger partial charge in [-0.2, -0.15) is 0 Å². The molecule has 2 aromatic heterocycles. The van der Waals surface area contributed by atoms with E-state index in [1.54, 1.807) is 6.07 Å².